The van der Waals surface area contributed by atoms with E-state index in [2.05, 4.69) is 20.6 Å². The predicted molar refractivity (Wildman–Crippen MR) is 122 cm³/mol. The summed E-state index contributed by atoms with van der Waals surface area (Å²) < 4.78 is 38.8. The van der Waals surface area contributed by atoms with Gasteiger partial charge in [-0.3, -0.25) is 4.99 Å². The van der Waals surface area contributed by atoms with Crippen LogP contribution in [0.15, 0.2) is 40.7 Å². The highest BCUT2D eigenvalue weighted by Gasteiger charge is 2.33. The maximum Gasteiger partial charge on any atom is 0.434 e. The molecule has 0 aliphatic rings. The third-order valence-corrected chi connectivity index (χ3v) is 6.06. The number of hydrogen-bond acceptors (Lipinski definition) is 5. The Morgan fingerprint density at radius 3 is 2.69 bits per heavy atom. The number of aliphatic hydroxyl groups excluding tert-OH is 1. The van der Waals surface area contributed by atoms with Gasteiger partial charge in [-0.05, 0) is 17.5 Å². The van der Waals surface area contributed by atoms with Crippen molar-refractivity contribution in [3.8, 4) is 0 Å². The minimum Gasteiger partial charge on any atom is -0.386 e. The zero-order chi connectivity index (χ0) is 20.1. The van der Waals surface area contributed by atoms with Gasteiger partial charge in [-0.25, -0.2) is 4.98 Å². The number of aromatic nitrogens is 1. The number of thiophene rings is 1. The third-order valence-electron chi connectivity index (χ3n) is 3.93. The smallest absolute Gasteiger partial charge is 0.386 e. The molecule has 5 nitrogen and oxygen atoms in total. The quantitative estimate of drug-likeness (QED) is 0.239. The van der Waals surface area contributed by atoms with Crippen LogP contribution in [0.25, 0.3) is 10.1 Å². The predicted octanol–water partition coefficient (Wildman–Crippen LogP) is 4.44. The Morgan fingerprint density at radius 2 is 2.03 bits per heavy atom. The highest BCUT2D eigenvalue weighted by Crippen LogP contribution is 2.30. The molecular weight excluding hydrogens is 536 g/mol. The summed E-state index contributed by atoms with van der Waals surface area (Å²) in [5.74, 6) is 0.466. The summed E-state index contributed by atoms with van der Waals surface area (Å²) in [6.07, 6.45) is -4.76. The van der Waals surface area contributed by atoms with Crippen LogP contribution in [0.1, 0.15) is 21.7 Å². The maximum atomic E-state index is 12.6. The van der Waals surface area contributed by atoms with Gasteiger partial charge in [0.2, 0.25) is 0 Å². The molecule has 0 amide bonds. The molecule has 0 saturated carbocycles. The molecule has 3 N–H and O–H groups in total. The lowest BCUT2D eigenvalue weighted by molar-refractivity contribution is -0.140. The van der Waals surface area contributed by atoms with E-state index in [-0.39, 0.29) is 30.5 Å². The number of hydrogen-bond donors (Lipinski definition) is 3. The van der Waals surface area contributed by atoms with E-state index in [1.165, 1.54) is 11.3 Å². The molecule has 0 radical (unpaired) electrons. The van der Waals surface area contributed by atoms with Crippen molar-refractivity contribution < 1.29 is 18.3 Å². The Balaban J connectivity index is 0.00000300. The van der Waals surface area contributed by atoms with Crippen molar-refractivity contribution >= 4 is 62.7 Å². The van der Waals surface area contributed by atoms with Gasteiger partial charge in [0.15, 0.2) is 11.7 Å². The maximum absolute atomic E-state index is 12.6. The second-order valence-corrected chi connectivity index (χ2v) is 8.01. The van der Waals surface area contributed by atoms with Gasteiger partial charge in [0.25, 0.3) is 0 Å². The zero-order valence-electron chi connectivity index (χ0n) is 15.4. The largest absolute Gasteiger partial charge is 0.434 e. The van der Waals surface area contributed by atoms with Crippen LogP contribution in [0.4, 0.5) is 13.2 Å². The van der Waals surface area contributed by atoms with Crippen LogP contribution in [0.5, 0.6) is 0 Å². The molecule has 2 heterocycles. The fourth-order valence-corrected chi connectivity index (χ4v) is 4.38. The number of aliphatic hydroxyl groups is 1. The minimum absolute atomic E-state index is 0. The van der Waals surface area contributed by atoms with E-state index < -0.39 is 18.0 Å². The Kier molecular flexibility index (Phi) is 8.67. The lowest BCUT2D eigenvalue weighted by atomic mass is 10.2. The molecule has 3 rings (SSSR count). The topological polar surface area (TPSA) is 69.5 Å². The number of fused-ring (bicyclic) bond motifs is 1. The van der Waals surface area contributed by atoms with E-state index in [0.29, 0.717) is 23.9 Å². The monoisotopic (exact) mass is 556 g/mol. The number of benzene rings is 1. The lowest BCUT2D eigenvalue weighted by Crippen LogP contribution is -2.40. The van der Waals surface area contributed by atoms with Crippen LogP contribution in [0, 0.1) is 0 Å². The van der Waals surface area contributed by atoms with Crippen LogP contribution in [0.3, 0.4) is 0 Å². The van der Waals surface area contributed by atoms with Crippen LogP contribution in [0.2, 0.25) is 0 Å². The number of alkyl halides is 3. The molecule has 0 aliphatic heterocycles. The highest BCUT2D eigenvalue weighted by atomic mass is 127. The van der Waals surface area contributed by atoms with Crippen molar-refractivity contribution in [3.05, 3.63) is 51.3 Å². The van der Waals surface area contributed by atoms with Gasteiger partial charge in [-0.1, -0.05) is 18.2 Å². The zero-order valence-corrected chi connectivity index (χ0v) is 19.3. The molecule has 11 heteroatoms. The van der Waals surface area contributed by atoms with Crippen molar-refractivity contribution in [2.24, 2.45) is 4.99 Å². The number of nitrogens with one attached hydrogen (secondary N) is 2. The van der Waals surface area contributed by atoms with Crippen molar-refractivity contribution in [2.75, 3.05) is 20.1 Å². The molecule has 0 bridgehead atoms. The first-order valence-corrected chi connectivity index (χ1v) is 10.2. The number of guanidine groups is 1. The second-order valence-electron chi connectivity index (χ2n) is 5.96. The summed E-state index contributed by atoms with van der Waals surface area (Å²) in [5.41, 5.74) is -0.860. The van der Waals surface area contributed by atoms with Crippen LogP contribution in [-0.4, -0.2) is 36.2 Å². The van der Waals surface area contributed by atoms with Crippen LogP contribution in [-0.2, 0) is 12.6 Å². The van der Waals surface area contributed by atoms with Crippen molar-refractivity contribution in [2.45, 2.75) is 18.7 Å². The number of rotatable bonds is 6. The molecule has 0 saturated heterocycles. The van der Waals surface area contributed by atoms with Crippen molar-refractivity contribution in [1.29, 1.82) is 0 Å². The minimum atomic E-state index is -4.41. The first-order chi connectivity index (χ1) is 13.4. The average Bonchev–Trinajstić information content (AvgIpc) is 3.30. The SMILES string of the molecule is CN=C(NCCc1nc(C(F)(F)F)cs1)NCC(O)c1cc2ccccc2s1.I. The van der Waals surface area contributed by atoms with E-state index in [1.54, 1.807) is 7.05 Å². The fourth-order valence-electron chi connectivity index (χ4n) is 2.52. The van der Waals surface area contributed by atoms with Crippen LogP contribution < -0.4 is 10.6 Å². The number of nitrogens with zero attached hydrogens (tertiary/aromatic N) is 2. The molecule has 0 spiro atoms. The lowest BCUT2D eigenvalue weighted by Gasteiger charge is -2.14. The Bertz CT molecular complexity index is 925. The summed E-state index contributed by atoms with van der Waals surface area (Å²) in [6.45, 7) is 0.644. The second kappa shape index (κ2) is 10.5. The molecule has 29 heavy (non-hydrogen) atoms. The standard InChI is InChI=1S/C18H19F3N4OS2.HI/c1-22-17(23-7-6-16-25-15(10-27-16)18(19,20)21)24-9-12(26)14-8-11-4-2-3-5-13(11)28-14;/h2-5,8,10,12,26H,6-7,9H2,1H3,(H2,22,23,24);1H. The fraction of sp³-hybridized carbons (Fsp3) is 0.333. The van der Waals surface area contributed by atoms with Crippen molar-refractivity contribution in [3.63, 3.8) is 0 Å². The van der Waals surface area contributed by atoms with Gasteiger partial charge in [0.05, 0.1) is 5.01 Å². The van der Waals surface area contributed by atoms with E-state index in [9.17, 15) is 18.3 Å². The third kappa shape index (κ3) is 6.52. The van der Waals surface area contributed by atoms with Gasteiger partial charge >= 0.3 is 6.18 Å². The molecule has 0 aliphatic carbocycles. The molecule has 1 atom stereocenters. The van der Waals surface area contributed by atoms with Crippen LogP contribution >= 0.6 is 46.7 Å². The Labute approximate surface area is 191 Å². The van der Waals surface area contributed by atoms with Gasteiger partial charge in [-0.2, -0.15) is 13.2 Å². The summed E-state index contributed by atoms with van der Waals surface area (Å²) in [7, 11) is 1.59. The summed E-state index contributed by atoms with van der Waals surface area (Å²) in [6, 6.07) is 9.88. The number of thiazole rings is 1. The van der Waals surface area contributed by atoms with E-state index >= 15 is 0 Å². The summed E-state index contributed by atoms with van der Waals surface area (Å²) >= 11 is 2.52. The first kappa shape index (κ1) is 23.8. The van der Waals surface area contributed by atoms with Gasteiger partial charge in [0, 0.05) is 41.5 Å². The van der Waals surface area contributed by atoms with Gasteiger partial charge in [-0.15, -0.1) is 46.7 Å². The van der Waals surface area contributed by atoms with Crippen molar-refractivity contribution in [1.82, 2.24) is 15.6 Å². The molecule has 2 aromatic heterocycles. The Hall–Kier alpha value is -1.44. The first-order valence-electron chi connectivity index (χ1n) is 8.49. The molecule has 158 valence electrons. The normalized spacial score (nSPS) is 13.2. The highest BCUT2D eigenvalue weighted by molar-refractivity contribution is 14.0. The van der Waals surface area contributed by atoms with Gasteiger partial charge in [0.1, 0.15) is 6.10 Å². The number of halogens is 4. The Morgan fingerprint density at radius 1 is 1.28 bits per heavy atom. The van der Waals surface area contributed by atoms with E-state index in [4.69, 9.17) is 0 Å². The summed E-state index contributed by atoms with van der Waals surface area (Å²) in [5, 5.41) is 19.0. The molecule has 3 aromatic rings. The van der Waals surface area contributed by atoms with Gasteiger partial charge < -0.3 is 15.7 Å². The summed E-state index contributed by atoms with van der Waals surface area (Å²) in [4.78, 5) is 8.51. The number of aliphatic imine (C=N–C) groups is 1. The molecular formula is C18H20F3IN4OS2. The average molecular weight is 556 g/mol. The molecule has 0 fully saturated rings. The van der Waals surface area contributed by atoms with E-state index in [1.807, 2.05) is 30.3 Å². The molecule has 1 unspecified atom stereocenters. The molecule has 1 aromatic carbocycles. The van der Waals surface area contributed by atoms with E-state index in [0.717, 1.165) is 31.7 Å².